The summed E-state index contributed by atoms with van der Waals surface area (Å²) in [5, 5.41) is 0. The van der Waals surface area contributed by atoms with Crippen molar-refractivity contribution in [2.45, 2.75) is 13.3 Å². The van der Waals surface area contributed by atoms with Crippen LogP contribution in [0.15, 0.2) is 48.5 Å². The van der Waals surface area contributed by atoms with E-state index in [1.807, 2.05) is 6.07 Å². The maximum Gasteiger partial charge on any atom is -0.00367 e. The molecule has 2 aromatic rings. The van der Waals surface area contributed by atoms with Gasteiger partial charge in [-0.05, 0) is 42.1 Å². The molecule has 2 aromatic carbocycles. The Balaban J connectivity index is 2.43. The zero-order valence-electron chi connectivity index (χ0n) is 9.61. The first-order valence-corrected chi connectivity index (χ1v) is 5.66. The van der Waals surface area contributed by atoms with Crippen LogP contribution in [-0.2, 0) is 6.42 Å². The van der Waals surface area contributed by atoms with Crippen molar-refractivity contribution in [1.29, 1.82) is 0 Å². The lowest BCUT2D eigenvalue weighted by molar-refractivity contribution is 0.968. The smallest absolute Gasteiger partial charge is 0.00367 e. The molecule has 16 heavy (non-hydrogen) atoms. The lowest BCUT2D eigenvalue weighted by atomic mass is 9.97. The molecule has 0 bridgehead atoms. The summed E-state index contributed by atoms with van der Waals surface area (Å²) in [6.07, 6.45) is 0.945. The van der Waals surface area contributed by atoms with Gasteiger partial charge in [-0.3, -0.25) is 0 Å². The summed E-state index contributed by atoms with van der Waals surface area (Å²) in [5.41, 5.74) is 10.8. The van der Waals surface area contributed by atoms with Gasteiger partial charge in [0.1, 0.15) is 0 Å². The van der Waals surface area contributed by atoms with Gasteiger partial charge in [-0.25, -0.2) is 0 Å². The number of nitrogens with two attached hydrogens (primary N) is 1. The molecule has 0 fully saturated rings. The highest BCUT2D eigenvalue weighted by molar-refractivity contribution is 5.67. The van der Waals surface area contributed by atoms with Crippen LogP contribution in [0.4, 0.5) is 0 Å². The number of hydrogen-bond acceptors (Lipinski definition) is 1. The molecular weight excluding hydrogens is 194 g/mol. The van der Waals surface area contributed by atoms with E-state index in [0.717, 1.165) is 6.42 Å². The first kappa shape index (κ1) is 10.9. The van der Waals surface area contributed by atoms with Gasteiger partial charge < -0.3 is 5.73 Å². The molecule has 0 unspecified atom stereocenters. The van der Waals surface area contributed by atoms with Gasteiger partial charge >= 0.3 is 0 Å². The van der Waals surface area contributed by atoms with Crippen LogP contribution in [0.3, 0.4) is 0 Å². The van der Waals surface area contributed by atoms with Crippen LogP contribution in [-0.4, -0.2) is 6.54 Å². The zero-order chi connectivity index (χ0) is 11.4. The Hall–Kier alpha value is -1.60. The van der Waals surface area contributed by atoms with Crippen molar-refractivity contribution in [3.8, 4) is 11.1 Å². The lowest BCUT2D eigenvalue weighted by Crippen LogP contribution is -2.02. The molecule has 0 heterocycles. The molecule has 0 saturated carbocycles. The van der Waals surface area contributed by atoms with Crippen LogP contribution in [0.25, 0.3) is 11.1 Å². The van der Waals surface area contributed by atoms with Crippen LogP contribution in [0, 0.1) is 6.92 Å². The molecule has 0 amide bonds. The molecule has 0 saturated heterocycles. The molecule has 0 aliphatic heterocycles. The van der Waals surface area contributed by atoms with Crippen LogP contribution in [0.5, 0.6) is 0 Å². The maximum absolute atomic E-state index is 5.59. The van der Waals surface area contributed by atoms with E-state index >= 15 is 0 Å². The highest BCUT2D eigenvalue weighted by Crippen LogP contribution is 2.24. The predicted molar refractivity (Wildman–Crippen MR) is 69.4 cm³/mol. The number of benzene rings is 2. The molecule has 1 nitrogen and oxygen atoms in total. The Bertz CT molecular complexity index is 460. The van der Waals surface area contributed by atoms with Gasteiger partial charge in [0.05, 0.1) is 0 Å². The third kappa shape index (κ3) is 2.31. The van der Waals surface area contributed by atoms with Crippen molar-refractivity contribution >= 4 is 0 Å². The van der Waals surface area contributed by atoms with Crippen molar-refractivity contribution in [3.63, 3.8) is 0 Å². The van der Waals surface area contributed by atoms with E-state index in [9.17, 15) is 0 Å². The molecule has 2 rings (SSSR count). The van der Waals surface area contributed by atoms with Crippen LogP contribution in [0.2, 0.25) is 0 Å². The number of aryl methyl sites for hydroxylation is 1. The van der Waals surface area contributed by atoms with E-state index < -0.39 is 0 Å². The Morgan fingerprint density at radius 1 is 1.00 bits per heavy atom. The van der Waals surface area contributed by atoms with Crippen molar-refractivity contribution in [2.75, 3.05) is 6.54 Å². The van der Waals surface area contributed by atoms with Crippen molar-refractivity contribution in [1.82, 2.24) is 0 Å². The van der Waals surface area contributed by atoms with E-state index in [1.165, 1.54) is 22.3 Å². The van der Waals surface area contributed by atoms with Crippen molar-refractivity contribution < 1.29 is 0 Å². The van der Waals surface area contributed by atoms with Crippen LogP contribution < -0.4 is 5.73 Å². The summed E-state index contributed by atoms with van der Waals surface area (Å²) in [4.78, 5) is 0. The third-order valence-corrected chi connectivity index (χ3v) is 2.82. The average Bonchev–Trinajstić information content (AvgIpc) is 2.33. The fraction of sp³-hybridized carbons (Fsp3) is 0.200. The normalized spacial score (nSPS) is 10.4. The van der Waals surface area contributed by atoms with E-state index in [2.05, 4.69) is 49.4 Å². The molecule has 0 radical (unpaired) electrons. The highest BCUT2D eigenvalue weighted by Gasteiger charge is 2.02. The topological polar surface area (TPSA) is 26.0 Å². The Morgan fingerprint density at radius 2 is 1.75 bits per heavy atom. The molecule has 0 aliphatic carbocycles. The molecule has 0 aliphatic rings. The summed E-state index contributed by atoms with van der Waals surface area (Å²) in [7, 11) is 0. The minimum atomic E-state index is 0.706. The largest absolute Gasteiger partial charge is 0.330 e. The lowest BCUT2D eigenvalue weighted by Gasteiger charge is -2.08. The maximum atomic E-state index is 5.59. The summed E-state index contributed by atoms with van der Waals surface area (Å²) in [5.74, 6) is 0. The molecule has 0 atom stereocenters. The standard InChI is InChI=1S/C15H17N/c1-12-7-8-13(9-10-16)11-15(12)14-5-3-2-4-6-14/h2-8,11H,9-10,16H2,1H3. The predicted octanol–water partition coefficient (Wildman–Crippen LogP) is 3.16. The number of hydrogen-bond donors (Lipinski definition) is 1. The summed E-state index contributed by atoms with van der Waals surface area (Å²) in [6, 6.07) is 17.1. The van der Waals surface area contributed by atoms with Gasteiger partial charge in [-0.15, -0.1) is 0 Å². The molecular formula is C15H17N. The van der Waals surface area contributed by atoms with Gasteiger partial charge in [-0.1, -0.05) is 48.5 Å². The minimum Gasteiger partial charge on any atom is -0.330 e. The Kier molecular flexibility index (Phi) is 3.37. The fourth-order valence-electron chi connectivity index (χ4n) is 1.92. The van der Waals surface area contributed by atoms with Gasteiger partial charge in [0.15, 0.2) is 0 Å². The highest BCUT2D eigenvalue weighted by atomic mass is 14.5. The second kappa shape index (κ2) is 4.95. The van der Waals surface area contributed by atoms with Gasteiger partial charge in [0.25, 0.3) is 0 Å². The van der Waals surface area contributed by atoms with Gasteiger partial charge in [-0.2, -0.15) is 0 Å². The quantitative estimate of drug-likeness (QED) is 0.829. The third-order valence-electron chi connectivity index (χ3n) is 2.82. The fourth-order valence-corrected chi connectivity index (χ4v) is 1.92. The Morgan fingerprint density at radius 3 is 2.44 bits per heavy atom. The molecule has 2 N–H and O–H groups in total. The minimum absolute atomic E-state index is 0.706. The second-order valence-corrected chi connectivity index (χ2v) is 4.05. The van der Waals surface area contributed by atoms with Crippen molar-refractivity contribution in [2.24, 2.45) is 5.73 Å². The zero-order valence-corrected chi connectivity index (χ0v) is 9.61. The van der Waals surface area contributed by atoms with Gasteiger partial charge in [0.2, 0.25) is 0 Å². The molecule has 82 valence electrons. The summed E-state index contributed by atoms with van der Waals surface area (Å²) >= 11 is 0. The Labute approximate surface area is 96.9 Å². The van der Waals surface area contributed by atoms with Gasteiger partial charge in [0, 0.05) is 0 Å². The van der Waals surface area contributed by atoms with E-state index in [1.54, 1.807) is 0 Å². The number of rotatable bonds is 3. The first-order chi connectivity index (χ1) is 7.81. The first-order valence-electron chi connectivity index (χ1n) is 5.66. The van der Waals surface area contributed by atoms with E-state index in [0.29, 0.717) is 6.54 Å². The monoisotopic (exact) mass is 211 g/mol. The average molecular weight is 211 g/mol. The van der Waals surface area contributed by atoms with Crippen molar-refractivity contribution in [3.05, 3.63) is 59.7 Å². The van der Waals surface area contributed by atoms with E-state index in [-0.39, 0.29) is 0 Å². The SMILES string of the molecule is Cc1ccc(CCN)cc1-c1ccccc1. The molecule has 1 heteroatoms. The molecule has 0 spiro atoms. The molecule has 0 aromatic heterocycles. The van der Waals surface area contributed by atoms with Crippen LogP contribution in [0.1, 0.15) is 11.1 Å². The summed E-state index contributed by atoms with van der Waals surface area (Å²) in [6.45, 7) is 2.85. The van der Waals surface area contributed by atoms with E-state index in [4.69, 9.17) is 5.73 Å². The second-order valence-electron chi connectivity index (χ2n) is 4.05. The summed E-state index contributed by atoms with van der Waals surface area (Å²) < 4.78 is 0. The van der Waals surface area contributed by atoms with Crippen LogP contribution >= 0.6 is 0 Å².